The van der Waals surface area contributed by atoms with Gasteiger partial charge in [-0.2, -0.15) is 11.8 Å². The fourth-order valence-electron chi connectivity index (χ4n) is 3.02. The van der Waals surface area contributed by atoms with Gasteiger partial charge in [-0.3, -0.25) is 4.79 Å². The molecular weight excluding hydrogens is 270 g/mol. The minimum atomic E-state index is -1.15. The first-order valence-electron chi connectivity index (χ1n) is 7.36. The number of rotatable bonds is 3. The highest BCUT2D eigenvalue weighted by atomic mass is 32.2. The van der Waals surface area contributed by atoms with Crippen LogP contribution < -0.4 is 5.32 Å². The molecule has 1 aromatic rings. The zero-order valence-electron chi connectivity index (χ0n) is 11.7. The monoisotopic (exact) mass is 291 g/mol. The van der Waals surface area contributed by atoms with Crippen molar-refractivity contribution in [3.63, 3.8) is 0 Å². The fraction of sp³-hybridized carbons (Fsp3) is 0.562. The van der Waals surface area contributed by atoms with Crippen molar-refractivity contribution in [2.24, 2.45) is 0 Å². The van der Waals surface area contributed by atoms with Crippen molar-refractivity contribution in [2.75, 3.05) is 11.5 Å². The van der Waals surface area contributed by atoms with Crippen molar-refractivity contribution in [1.82, 2.24) is 5.32 Å². The second-order valence-electron chi connectivity index (χ2n) is 5.78. The number of carbonyl (C=O) groups is 1. The van der Waals surface area contributed by atoms with Gasteiger partial charge in [0.2, 0.25) is 0 Å². The van der Waals surface area contributed by atoms with Gasteiger partial charge in [-0.05, 0) is 60.3 Å². The lowest BCUT2D eigenvalue weighted by atomic mass is 9.95. The Morgan fingerprint density at radius 3 is 2.80 bits per heavy atom. The highest BCUT2D eigenvalue weighted by molar-refractivity contribution is 7.99. The van der Waals surface area contributed by atoms with Crippen LogP contribution in [0.2, 0.25) is 0 Å². The summed E-state index contributed by atoms with van der Waals surface area (Å²) in [7, 11) is 0. The van der Waals surface area contributed by atoms with Gasteiger partial charge in [0, 0.05) is 6.54 Å². The predicted octanol–water partition coefficient (Wildman–Crippen LogP) is 2.05. The zero-order chi connectivity index (χ0) is 14.0. The molecule has 1 aliphatic heterocycles. The van der Waals surface area contributed by atoms with E-state index in [4.69, 9.17) is 0 Å². The van der Waals surface area contributed by atoms with Crippen molar-refractivity contribution in [3.05, 3.63) is 34.9 Å². The van der Waals surface area contributed by atoms with Crippen LogP contribution in [-0.4, -0.2) is 28.1 Å². The summed E-state index contributed by atoms with van der Waals surface area (Å²) in [5, 5.41) is 13.2. The first-order chi connectivity index (χ1) is 9.67. The molecule has 0 bridgehead atoms. The SMILES string of the molecule is O=C(NCc1ccc2c(c1)CCC2)C1(O)CCSCC1. The van der Waals surface area contributed by atoms with Gasteiger partial charge in [0.15, 0.2) is 0 Å². The number of hydrogen-bond acceptors (Lipinski definition) is 3. The van der Waals surface area contributed by atoms with E-state index in [2.05, 4.69) is 23.5 Å². The summed E-state index contributed by atoms with van der Waals surface area (Å²) in [6.07, 6.45) is 4.70. The number of fused-ring (bicyclic) bond motifs is 1. The van der Waals surface area contributed by atoms with Crippen molar-refractivity contribution in [1.29, 1.82) is 0 Å². The number of nitrogens with one attached hydrogen (secondary N) is 1. The molecule has 20 heavy (non-hydrogen) atoms. The van der Waals surface area contributed by atoms with Crippen LogP contribution in [-0.2, 0) is 24.2 Å². The number of benzene rings is 1. The van der Waals surface area contributed by atoms with Crippen LogP contribution in [0, 0.1) is 0 Å². The molecule has 1 fully saturated rings. The molecule has 4 heteroatoms. The summed E-state index contributed by atoms with van der Waals surface area (Å²) in [4.78, 5) is 12.2. The van der Waals surface area contributed by atoms with E-state index in [0.29, 0.717) is 19.4 Å². The van der Waals surface area contributed by atoms with E-state index >= 15 is 0 Å². The van der Waals surface area contributed by atoms with Crippen molar-refractivity contribution < 1.29 is 9.90 Å². The molecule has 0 aromatic heterocycles. The van der Waals surface area contributed by atoms with Crippen LogP contribution in [0.5, 0.6) is 0 Å². The van der Waals surface area contributed by atoms with Gasteiger partial charge in [0.1, 0.15) is 5.60 Å². The lowest BCUT2D eigenvalue weighted by molar-refractivity contribution is -0.140. The Labute approximate surface area is 124 Å². The molecule has 0 spiro atoms. The Balaban J connectivity index is 1.60. The molecular formula is C16H21NO2S. The average Bonchev–Trinajstić information content (AvgIpc) is 2.93. The Bertz CT molecular complexity index is 509. The van der Waals surface area contributed by atoms with Gasteiger partial charge < -0.3 is 10.4 Å². The highest BCUT2D eigenvalue weighted by Gasteiger charge is 2.37. The number of hydrogen-bond donors (Lipinski definition) is 2. The Kier molecular flexibility index (Phi) is 4.03. The molecule has 1 amide bonds. The third-order valence-corrected chi connectivity index (χ3v) is 5.34. The van der Waals surface area contributed by atoms with Gasteiger partial charge in [-0.25, -0.2) is 0 Å². The Hall–Kier alpha value is -1.00. The van der Waals surface area contributed by atoms with E-state index < -0.39 is 5.60 Å². The third-order valence-electron chi connectivity index (χ3n) is 4.36. The van der Waals surface area contributed by atoms with Gasteiger partial charge in [-0.1, -0.05) is 18.2 Å². The molecule has 1 aliphatic carbocycles. The van der Waals surface area contributed by atoms with Crippen molar-refractivity contribution >= 4 is 17.7 Å². The van der Waals surface area contributed by atoms with Crippen molar-refractivity contribution in [2.45, 2.75) is 44.2 Å². The van der Waals surface area contributed by atoms with Crippen molar-refractivity contribution in [3.8, 4) is 0 Å². The molecule has 0 unspecified atom stereocenters. The molecule has 0 saturated carbocycles. The van der Waals surface area contributed by atoms with E-state index in [1.807, 2.05) is 0 Å². The van der Waals surface area contributed by atoms with Gasteiger partial charge in [0.25, 0.3) is 5.91 Å². The largest absolute Gasteiger partial charge is 0.380 e. The van der Waals surface area contributed by atoms with E-state index in [1.54, 1.807) is 11.8 Å². The second kappa shape index (κ2) is 5.78. The fourth-order valence-corrected chi connectivity index (χ4v) is 4.19. The maximum Gasteiger partial charge on any atom is 0.252 e. The molecule has 0 radical (unpaired) electrons. The van der Waals surface area contributed by atoms with Gasteiger partial charge >= 0.3 is 0 Å². The molecule has 1 heterocycles. The summed E-state index contributed by atoms with van der Waals surface area (Å²) in [6.45, 7) is 0.515. The second-order valence-corrected chi connectivity index (χ2v) is 7.01. The van der Waals surface area contributed by atoms with E-state index in [1.165, 1.54) is 24.0 Å². The predicted molar refractivity (Wildman–Crippen MR) is 81.8 cm³/mol. The van der Waals surface area contributed by atoms with Crippen LogP contribution >= 0.6 is 11.8 Å². The van der Waals surface area contributed by atoms with E-state index in [9.17, 15) is 9.90 Å². The van der Waals surface area contributed by atoms with Crippen LogP contribution in [0.3, 0.4) is 0 Å². The summed E-state index contributed by atoms with van der Waals surface area (Å²) >= 11 is 1.80. The zero-order valence-corrected chi connectivity index (χ0v) is 12.5. The van der Waals surface area contributed by atoms with Gasteiger partial charge in [0.05, 0.1) is 0 Å². The minimum Gasteiger partial charge on any atom is -0.380 e. The Morgan fingerprint density at radius 2 is 2.00 bits per heavy atom. The summed E-state index contributed by atoms with van der Waals surface area (Å²) in [5.74, 6) is 1.52. The molecule has 108 valence electrons. The summed E-state index contributed by atoms with van der Waals surface area (Å²) in [5.41, 5.74) is 2.85. The first-order valence-corrected chi connectivity index (χ1v) is 8.52. The maximum atomic E-state index is 12.2. The average molecular weight is 291 g/mol. The molecule has 3 nitrogen and oxygen atoms in total. The molecule has 3 rings (SSSR count). The molecule has 0 atom stereocenters. The standard InChI is InChI=1S/C16H21NO2S/c18-15(16(19)6-8-20-9-7-16)17-11-12-4-5-13-2-1-3-14(13)10-12/h4-5,10,19H,1-3,6-9,11H2,(H,17,18). The minimum absolute atomic E-state index is 0.210. The smallest absolute Gasteiger partial charge is 0.252 e. The third kappa shape index (κ3) is 2.86. The number of thioether (sulfide) groups is 1. The number of aliphatic hydroxyl groups is 1. The van der Waals surface area contributed by atoms with Crippen LogP contribution in [0.1, 0.15) is 36.0 Å². The van der Waals surface area contributed by atoms with E-state index in [0.717, 1.165) is 23.5 Å². The highest BCUT2D eigenvalue weighted by Crippen LogP contribution is 2.27. The topological polar surface area (TPSA) is 49.3 Å². The number of carbonyl (C=O) groups excluding carboxylic acids is 1. The number of aryl methyl sites for hydroxylation is 2. The number of amides is 1. The Morgan fingerprint density at radius 1 is 1.25 bits per heavy atom. The first kappa shape index (κ1) is 14.0. The molecule has 2 aliphatic rings. The van der Waals surface area contributed by atoms with Crippen LogP contribution in [0.15, 0.2) is 18.2 Å². The normalized spacial score (nSPS) is 20.4. The lowest BCUT2D eigenvalue weighted by Gasteiger charge is -2.30. The summed E-state index contributed by atoms with van der Waals surface area (Å²) < 4.78 is 0. The van der Waals surface area contributed by atoms with E-state index in [-0.39, 0.29) is 5.91 Å². The molecule has 1 aromatic carbocycles. The van der Waals surface area contributed by atoms with Gasteiger partial charge in [-0.15, -0.1) is 0 Å². The summed E-state index contributed by atoms with van der Waals surface area (Å²) in [6, 6.07) is 6.46. The molecule has 1 saturated heterocycles. The maximum absolute atomic E-state index is 12.2. The lowest BCUT2D eigenvalue weighted by Crippen LogP contribution is -2.48. The van der Waals surface area contributed by atoms with Crippen LogP contribution in [0.25, 0.3) is 0 Å². The quantitative estimate of drug-likeness (QED) is 0.896. The van der Waals surface area contributed by atoms with Crippen LogP contribution in [0.4, 0.5) is 0 Å². The molecule has 2 N–H and O–H groups in total.